The minimum Gasteiger partial charge on any atom is -0.497 e. The first-order valence-electron chi connectivity index (χ1n) is 6.92. The zero-order valence-electron chi connectivity index (χ0n) is 11.9. The van der Waals surface area contributed by atoms with E-state index in [-0.39, 0.29) is 0 Å². The van der Waals surface area contributed by atoms with Gasteiger partial charge in [0, 0.05) is 10.9 Å². The molecule has 4 nitrogen and oxygen atoms in total. The lowest BCUT2D eigenvalue weighted by atomic mass is 10.2. The maximum Gasteiger partial charge on any atom is 0.186 e. The molecule has 1 aromatic heterocycles. The third kappa shape index (κ3) is 2.78. The van der Waals surface area contributed by atoms with Crippen molar-refractivity contribution in [2.24, 2.45) is 0 Å². The van der Waals surface area contributed by atoms with Gasteiger partial charge in [-0.25, -0.2) is 4.98 Å². The van der Waals surface area contributed by atoms with Gasteiger partial charge in [-0.2, -0.15) is 0 Å². The number of methoxy groups -OCH3 is 1. The maximum absolute atomic E-state index is 5.19. The number of ether oxygens (including phenoxy) is 1. The molecule has 1 aliphatic rings. The fraction of sp³-hybridized carbons (Fsp3) is 0.400. The van der Waals surface area contributed by atoms with Crippen molar-refractivity contribution in [2.75, 3.05) is 45.2 Å². The van der Waals surface area contributed by atoms with Crippen LogP contribution < -0.4 is 14.5 Å². The van der Waals surface area contributed by atoms with Gasteiger partial charge in [-0.3, -0.25) is 0 Å². The molecule has 20 heavy (non-hydrogen) atoms. The van der Waals surface area contributed by atoms with Gasteiger partial charge in [-0.15, -0.1) is 11.3 Å². The van der Waals surface area contributed by atoms with E-state index in [4.69, 9.17) is 9.72 Å². The smallest absolute Gasteiger partial charge is 0.186 e. The standard InChI is InChI=1S/C15H19N3OS/c1-17-7-9-18(10-8-17)15-16-14(11-20-15)12-3-5-13(19-2)6-4-12/h3-6,11H,7-10H2,1-2H3/p+1. The van der Waals surface area contributed by atoms with Gasteiger partial charge in [0.05, 0.1) is 46.0 Å². The lowest BCUT2D eigenvalue weighted by molar-refractivity contribution is -0.880. The van der Waals surface area contributed by atoms with Gasteiger partial charge < -0.3 is 14.5 Å². The Morgan fingerprint density at radius 2 is 1.90 bits per heavy atom. The van der Waals surface area contributed by atoms with E-state index in [1.165, 1.54) is 13.1 Å². The monoisotopic (exact) mass is 290 g/mol. The highest BCUT2D eigenvalue weighted by Gasteiger charge is 2.19. The molecule has 0 atom stereocenters. The number of hydrogen-bond donors (Lipinski definition) is 1. The van der Waals surface area contributed by atoms with Gasteiger partial charge >= 0.3 is 0 Å². The number of nitrogens with zero attached hydrogens (tertiary/aromatic N) is 2. The van der Waals surface area contributed by atoms with Gasteiger partial charge in [-0.05, 0) is 24.3 Å². The predicted molar refractivity (Wildman–Crippen MR) is 82.9 cm³/mol. The second-order valence-electron chi connectivity index (χ2n) is 5.19. The van der Waals surface area contributed by atoms with Gasteiger partial charge in [-0.1, -0.05) is 0 Å². The summed E-state index contributed by atoms with van der Waals surface area (Å²) < 4.78 is 5.19. The van der Waals surface area contributed by atoms with Crippen LogP contribution >= 0.6 is 11.3 Å². The number of aromatic nitrogens is 1. The third-order valence-electron chi connectivity index (χ3n) is 3.77. The molecule has 106 valence electrons. The summed E-state index contributed by atoms with van der Waals surface area (Å²) in [5, 5.41) is 3.28. The molecule has 0 aliphatic carbocycles. The van der Waals surface area contributed by atoms with Gasteiger partial charge in [0.1, 0.15) is 5.75 Å². The lowest BCUT2D eigenvalue weighted by Gasteiger charge is -2.29. The lowest BCUT2D eigenvalue weighted by Crippen LogP contribution is -3.12. The number of anilines is 1. The summed E-state index contributed by atoms with van der Waals surface area (Å²) in [7, 11) is 3.94. The normalized spacial score (nSPS) is 16.4. The third-order valence-corrected chi connectivity index (χ3v) is 4.67. The summed E-state index contributed by atoms with van der Waals surface area (Å²) in [6.07, 6.45) is 0. The van der Waals surface area contributed by atoms with Crippen LogP contribution in [-0.4, -0.2) is 45.3 Å². The summed E-state index contributed by atoms with van der Waals surface area (Å²) in [6.45, 7) is 4.58. The molecule has 1 saturated heterocycles. The second kappa shape index (κ2) is 5.81. The van der Waals surface area contributed by atoms with Gasteiger partial charge in [0.15, 0.2) is 5.13 Å². The fourth-order valence-electron chi connectivity index (χ4n) is 2.38. The number of rotatable bonds is 3. The molecule has 1 aromatic carbocycles. The molecule has 1 N–H and O–H groups in total. The minimum atomic E-state index is 0.881. The first kappa shape index (κ1) is 13.4. The summed E-state index contributed by atoms with van der Waals surface area (Å²) >= 11 is 1.74. The molecule has 3 rings (SSSR count). The van der Waals surface area contributed by atoms with Crippen molar-refractivity contribution in [3.63, 3.8) is 0 Å². The Hall–Kier alpha value is -1.59. The number of piperazine rings is 1. The van der Waals surface area contributed by atoms with Crippen LogP contribution in [0.4, 0.5) is 5.13 Å². The number of nitrogens with one attached hydrogen (secondary N) is 1. The summed E-state index contributed by atoms with van der Waals surface area (Å²) in [4.78, 5) is 8.78. The van der Waals surface area contributed by atoms with Crippen LogP contribution in [-0.2, 0) is 0 Å². The van der Waals surface area contributed by atoms with E-state index >= 15 is 0 Å². The van der Waals surface area contributed by atoms with E-state index < -0.39 is 0 Å². The van der Waals surface area contributed by atoms with Crippen molar-refractivity contribution in [2.45, 2.75) is 0 Å². The van der Waals surface area contributed by atoms with Crippen molar-refractivity contribution in [1.29, 1.82) is 0 Å². The average Bonchev–Trinajstić information content (AvgIpc) is 2.98. The molecule has 0 spiro atoms. The van der Waals surface area contributed by atoms with Crippen LogP contribution in [0.25, 0.3) is 11.3 Å². The number of thiazole rings is 1. The Kier molecular flexibility index (Phi) is 3.89. The average molecular weight is 290 g/mol. The molecule has 1 fully saturated rings. The van der Waals surface area contributed by atoms with Crippen molar-refractivity contribution in [1.82, 2.24) is 4.98 Å². The molecule has 1 aliphatic heterocycles. The first-order chi connectivity index (χ1) is 9.76. The largest absolute Gasteiger partial charge is 0.497 e. The van der Waals surface area contributed by atoms with E-state index in [9.17, 15) is 0 Å². The van der Waals surface area contributed by atoms with Crippen LogP contribution in [0.1, 0.15) is 0 Å². The maximum atomic E-state index is 5.19. The molecule has 0 radical (unpaired) electrons. The van der Waals surface area contributed by atoms with Crippen molar-refractivity contribution < 1.29 is 9.64 Å². The highest BCUT2D eigenvalue weighted by atomic mass is 32.1. The van der Waals surface area contributed by atoms with Crippen LogP contribution in [0.2, 0.25) is 0 Å². The summed E-state index contributed by atoms with van der Waals surface area (Å²) in [5.74, 6) is 0.881. The predicted octanol–water partition coefficient (Wildman–Crippen LogP) is 1.15. The molecular formula is C15H20N3OS+. The van der Waals surface area contributed by atoms with Crippen molar-refractivity contribution in [3.8, 4) is 17.0 Å². The molecule has 5 heteroatoms. The highest BCUT2D eigenvalue weighted by molar-refractivity contribution is 7.14. The molecule has 0 unspecified atom stereocenters. The van der Waals surface area contributed by atoms with E-state index in [0.717, 1.165) is 35.2 Å². The summed E-state index contributed by atoms with van der Waals surface area (Å²) in [6, 6.07) is 8.08. The Bertz CT molecular complexity index is 559. The molecule has 2 aromatic rings. The Morgan fingerprint density at radius 1 is 1.20 bits per heavy atom. The van der Waals surface area contributed by atoms with Crippen LogP contribution in [0.3, 0.4) is 0 Å². The van der Waals surface area contributed by atoms with Gasteiger partial charge in [0.2, 0.25) is 0 Å². The van der Waals surface area contributed by atoms with E-state index in [1.54, 1.807) is 23.3 Å². The van der Waals surface area contributed by atoms with Crippen molar-refractivity contribution in [3.05, 3.63) is 29.6 Å². The highest BCUT2D eigenvalue weighted by Crippen LogP contribution is 2.28. The number of benzene rings is 1. The second-order valence-corrected chi connectivity index (χ2v) is 6.02. The topological polar surface area (TPSA) is 29.8 Å². The zero-order valence-corrected chi connectivity index (χ0v) is 12.7. The molecule has 2 heterocycles. The van der Waals surface area contributed by atoms with E-state index in [1.807, 2.05) is 12.1 Å². The number of hydrogen-bond acceptors (Lipinski definition) is 4. The zero-order chi connectivity index (χ0) is 13.9. The quantitative estimate of drug-likeness (QED) is 0.920. The Labute approximate surface area is 123 Å². The molecular weight excluding hydrogens is 270 g/mol. The molecule has 0 amide bonds. The van der Waals surface area contributed by atoms with Crippen LogP contribution in [0.15, 0.2) is 29.6 Å². The van der Waals surface area contributed by atoms with Crippen LogP contribution in [0, 0.1) is 0 Å². The Morgan fingerprint density at radius 3 is 2.55 bits per heavy atom. The van der Waals surface area contributed by atoms with E-state index in [0.29, 0.717) is 0 Å². The molecule has 0 saturated carbocycles. The fourth-order valence-corrected chi connectivity index (χ4v) is 3.27. The molecule has 0 bridgehead atoms. The van der Waals surface area contributed by atoms with Crippen molar-refractivity contribution >= 4 is 16.5 Å². The minimum absolute atomic E-state index is 0.881. The van der Waals surface area contributed by atoms with Gasteiger partial charge in [0.25, 0.3) is 0 Å². The van der Waals surface area contributed by atoms with E-state index in [2.05, 4.69) is 29.5 Å². The summed E-state index contributed by atoms with van der Waals surface area (Å²) in [5.41, 5.74) is 2.20. The number of likely N-dealkylation sites (N-methyl/N-ethyl adjacent to an activating group) is 1. The first-order valence-corrected chi connectivity index (χ1v) is 7.80. The SMILES string of the molecule is COc1ccc(-c2csc(N3CC[NH+](C)CC3)n2)cc1. The van der Waals surface area contributed by atoms with Crippen LogP contribution in [0.5, 0.6) is 5.75 Å². The number of quaternary nitrogens is 1. The Balaban J connectivity index is 1.75.